The van der Waals surface area contributed by atoms with Crippen LogP contribution in [0.25, 0.3) is 0 Å². The smallest absolute Gasteiger partial charge is 0.320 e. The maximum Gasteiger partial charge on any atom is 0.320 e. The van der Waals surface area contributed by atoms with E-state index < -0.39 is 12.1 Å². The molecule has 2 aliphatic rings. The van der Waals surface area contributed by atoms with Crippen LogP contribution in [0.4, 0.5) is 16.2 Å². The van der Waals surface area contributed by atoms with E-state index in [1.165, 1.54) is 4.90 Å². The van der Waals surface area contributed by atoms with E-state index in [9.17, 15) is 14.4 Å². The van der Waals surface area contributed by atoms with Gasteiger partial charge in [-0.1, -0.05) is 38.1 Å². The fourth-order valence-electron chi connectivity index (χ4n) is 4.77. The van der Waals surface area contributed by atoms with Crippen molar-refractivity contribution in [3.63, 3.8) is 0 Å². The number of fused-ring (bicyclic) bond motifs is 1. The van der Waals surface area contributed by atoms with E-state index in [0.29, 0.717) is 42.0 Å². The van der Waals surface area contributed by atoms with Gasteiger partial charge in [-0.25, -0.2) is 4.79 Å². The van der Waals surface area contributed by atoms with Gasteiger partial charge in [-0.05, 0) is 55.0 Å². The molecule has 2 N–H and O–H groups in total. The van der Waals surface area contributed by atoms with Crippen molar-refractivity contribution in [1.82, 2.24) is 10.2 Å². The third-order valence-corrected chi connectivity index (χ3v) is 6.22. The Morgan fingerprint density at radius 1 is 1.06 bits per heavy atom. The lowest BCUT2D eigenvalue weighted by Gasteiger charge is -2.36. The molecule has 180 valence electrons. The number of nitrogens with zero attached hydrogens (tertiary/aromatic N) is 2. The Labute approximate surface area is 200 Å². The number of amides is 4. The van der Waals surface area contributed by atoms with Crippen molar-refractivity contribution in [3.8, 4) is 5.75 Å². The molecule has 8 heteroatoms. The molecule has 0 aliphatic carbocycles. The largest absolute Gasteiger partial charge is 0.489 e. The van der Waals surface area contributed by atoms with Crippen molar-refractivity contribution >= 4 is 29.2 Å². The van der Waals surface area contributed by atoms with Crippen LogP contribution in [-0.2, 0) is 9.59 Å². The van der Waals surface area contributed by atoms with Crippen LogP contribution in [0.1, 0.15) is 25.8 Å². The molecule has 0 aromatic heterocycles. The Morgan fingerprint density at radius 2 is 1.79 bits per heavy atom. The summed E-state index contributed by atoms with van der Waals surface area (Å²) in [5, 5.41) is 5.47. The van der Waals surface area contributed by atoms with Gasteiger partial charge in [-0.2, -0.15) is 0 Å². The summed E-state index contributed by atoms with van der Waals surface area (Å²) in [6, 6.07) is 13.1. The number of urea groups is 1. The number of piperidine rings is 1. The summed E-state index contributed by atoms with van der Waals surface area (Å²) in [6.07, 6.45) is 1.09. The van der Waals surface area contributed by atoms with Crippen molar-refractivity contribution in [2.24, 2.45) is 11.8 Å². The average Bonchev–Trinajstić information content (AvgIpc) is 2.91. The van der Waals surface area contributed by atoms with Crippen LogP contribution in [0.5, 0.6) is 5.75 Å². The molecular formula is C26H32N4O4. The summed E-state index contributed by atoms with van der Waals surface area (Å²) < 4.78 is 5.86. The Balaban J connectivity index is 1.51. The predicted molar refractivity (Wildman–Crippen MR) is 131 cm³/mol. The van der Waals surface area contributed by atoms with E-state index in [1.54, 1.807) is 24.3 Å². The fourth-order valence-corrected chi connectivity index (χ4v) is 4.77. The predicted octanol–water partition coefficient (Wildman–Crippen LogP) is 3.42. The zero-order valence-corrected chi connectivity index (χ0v) is 19.9. The first kappa shape index (κ1) is 23.6. The summed E-state index contributed by atoms with van der Waals surface area (Å²) in [7, 11) is 0. The van der Waals surface area contributed by atoms with E-state index in [4.69, 9.17) is 4.74 Å². The molecule has 8 nitrogen and oxygen atoms in total. The van der Waals surface area contributed by atoms with Crippen molar-refractivity contribution in [2.75, 3.05) is 36.5 Å². The highest BCUT2D eigenvalue weighted by Crippen LogP contribution is 2.31. The number of hydrogen-bond donors (Lipinski definition) is 2. The lowest BCUT2D eigenvalue weighted by molar-refractivity contribution is -0.134. The number of para-hydroxylation sites is 2. The van der Waals surface area contributed by atoms with Crippen molar-refractivity contribution in [3.05, 3.63) is 54.1 Å². The molecule has 0 saturated carbocycles. The molecular weight excluding hydrogens is 432 g/mol. The van der Waals surface area contributed by atoms with Gasteiger partial charge in [0.1, 0.15) is 24.9 Å². The Bertz CT molecular complexity index is 1060. The monoisotopic (exact) mass is 464 g/mol. The van der Waals surface area contributed by atoms with Crippen LogP contribution >= 0.6 is 0 Å². The molecule has 1 saturated heterocycles. The van der Waals surface area contributed by atoms with Gasteiger partial charge in [-0.3, -0.25) is 14.5 Å². The van der Waals surface area contributed by atoms with Crippen molar-refractivity contribution in [2.45, 2.75) is 33.2 Å². The van der Waals surface area contributed by atoms with Crippen LogP contribution in [0.15, 0.2) is 48.5 Å². The van der Waals surface area contributed by atoms with Crippen LogP contribution in [0.2, 0.25) is 0 Å². The molecule has 2 aliphatic heterocycles. The number of ether oxygens (including phenoxy) is 1. The molecule has 3 unspecified atom stereocenters. The number of aryl methyl sites for hydroxylation is 1. The quantitative estimate of drug-likeness (QED) is 0.726. The molecule has 3 atom stereocenters. The standard InChI is InChI=1S/C26H32N4O4/c1-17-7-6-8-20(12-17)27-26(33)28-21-16-34-23-10-5-4-9-22(23)30(25(21)32)15-24(31)29-13-18(2)11-19(3)14-29/h4-10,12,18-19,21H,11,13-16H2,1-3H3,(H2,27,28,33). The Kier molecular flexibility index (Phi) is 7.05. The van der Waals surface area contributed by atoms with E-state index in [1.807, 2.05) is 36.1 Å². The molecule has 4 rings (SSSR count). The van der Waals surface area contributed by atoms with Gasteiger partial charge in [0.25, 0.3) is 5.91 Å². The summed E-state index contributed by atoms with van der Waals surface area (Å²) in [5.74, 6) is 0.861. The minimum Gasteiger partial charge on any atom is -0.489 e. The van der Waals surface area contributed by atoms with E-state index in [-0.39, 0.29) is 25.0 Å². The maximum absolute atomic E-state index is 13.5. The summed E-state index contributed by atoms with van der Waals surface area (Å²) in [6.45, 7) is 7.46. The van der Waals surface area contributed by atoms with Gasteiger partial charge >= 0.3 is 6.03 Å². The van der Waals surface area contributed by atoms with Crippen molar-refractivity contribution in [1.29, 1.82) is 0 Å². The zero-order chi connectivity index (χ0) is 24.2. The molecule has 2 aromatic carbocycles. The number of carbonyl (C=O) groups excluding carboxylic acids is 3. The third-order valence-electron chi connectivity index (χ3n) is 6.22. The highest BCUT2D eigenvalue weighted by atomic mass is 16.5. The van der Waals surface area contributed by atoms with Gasteiger partial charge < -0.3 is 20.3 Å². The minimum atomic E-state index is -0.941. The molecule has 1 fully saturated rings. The number of benzene rings is 2. The van der Waals surface area contributed by atoms with Crippen molar-refractivity contribution < 1.29 is 19.1 Å². The highest BCUT2D eigenvalue weighted by Gasteiger charge is 2.35. The normalized spacial score (nSPS) is 22.3. The number of likely N-dealkylation sites (tertiary alicyclic amines) is 1. The van der Waals surface area contributed by atoms with Gasteiger partial charge in [0.15, 0.2) is 0 Å². The fraction of sp³-hybridized carbons (Fsp3) is 0.423. The number of rotatable bonds is 4. The van der Waals surface area contributed by atoms with E-state index in [0.717, 1.165) is 12.0 Å². The van der Waals surface area contributed by atoms with Gasteiger partial charge in [-0.15, -0.1) is 0 Å². The van der Waals surface area contributed by atoms with Crippen LogP contribution in [0, 0.1) is 18.8 Å². The lowest BCUT2D eigenvalue weighted by Crippen LogP contribution is -2.54. The molecule has 34 heavy (non-hydrogen) atoms. The number of carbonyl (C=O) groups is 3. The topological polar surface area (TPSA) is 91.0 Å². The number of nitrogens with one attached hydrogen (secondary N) is 2. The third kappa shape index (κ3) is 5.50. The first-order valence-corrected chi connectivity index (χ1v) is 11.8. The zero-order valence-electron chi connectivity index (χ0n) is 19.9. The van der Waals surface area contributed by atoms with Gasteiger partial charge in [0.2, 0.25) is 5.91 Å². The second-order valence-corrected chi connectivity index (χ2v) is 9.47. The highest BCUT2D eigenvalue weighted by molar-refractivity contribution is 6.05. The first-order valence-electron chi connectivity index (χ1n) is 11.8. The van der Waals surface area contributed by atoms with E-state index in [2.05, 4.69) is 24.5 Å². The molecule has 2 aromatic rings. The molecule has 0 spiro atoms. The summed E-state index contributed by atoms with van der Waals surface area (Å²) >= 11 is 0. The molecule has 4 amide bonds. The summed E-state index contributed by atoms with van der Waals surface area (Å²) in [4.78, 5) is 42.7. The Morgan fingerprint density at radius 3 is 2.53 bits per heavy atom. The summed E-state index contributed by atoms with van der Waals surface area (Å²) in [5.41, 5.74) is 2.17. The van der Waals surface area contributed by atoms with Crippen LogP contribution in [-0.4, -0.2) is 55.0 Å². The second-order valence-electron chi connectivity index (χ2n) is 9.47. The number of hydrogen-bond acceptors (Lipinski definition) is 4. The maximum atomic E-state index is 13.5. The SMILES string of the molecule is Cc1cccc(NC(=O)NC2COc3ccccc3N(CC(=O)N3CC(C)CC(C)C3)C2=O)c1. The first-order chi connectivity index (χ1) is 16.3. The molecule has 0 bridgehead atoms. The van der Waals surface area contributed by atoms with E-state index >= 15 is 0 Å². The van der Waals surface area contributed by atoms with Gasteiger partial charge in [0, 0.05) is 18.8 Å². The van der Waals surface area contributed by atoms with Crippen LogP contribution in [0.3, 0.4) is 0 Å². The molecule has 0 radical (unpaired) electrons. The Hall–Kier alpha value is -3.55. The number of anilines is 2. The average molecular weight is 465 g/mol. The van der Waals surface area contributed by atoms with Crippen LogP contribution < -0.4 is 20.3 Å². The minimum absolute atomic E-state index is 0.0282. The van der Waals surface area contributed by atoms with Gasteiger partial charge in [0.05, 0.1) is 5.69 Å². The molecule has 2 heterocycles. The second kappa shape index (κ2) is 10.2. The lowest BCUT2D eigenvalue weighted by atomic mass is 9.92.